The van der Waals surface area contributed by atoms with E-state index >= 15 is 0 Å². The summed E-state index contributed by atoms with van der Waals surface area (Å²) >= 11 is 0. The number of pyridine rings is 1. The number of rotatable bonds is 6. The molecule has 0 unspecified atom stereocenters. The first kappa shape index (κ1) is 16.5. The van der Waals surface area contributed by atoms with Gasteiger partial charge in [0.05, 0.1) is 19.4 Å². The molecule has 0 spiro atoms. The topological polar surface area (TPSA) is 83.8 Å². The highest BCUT2D eigenvalue weighted by molar-refractivity contribution is 5.72. The molecule has 0 saturated carbocycles. The predicted octanol–water partition coefficient (Wildman–Crippen LogP) is -0.0877. The summed E-state index contributed by atoms with van der Waals surface area (Å²) < 4.78 is 7.20. The summed E-state index contributed by atoms with van der Waals surface area (Å²) in [6.45, 7) is 6.40. The zero-order chi connectivity index (χ0) is 15.9. The van der Waals surface area contributed by atoms with Gasteiger partial charge in [0.2, 0.25) is 11.3 Å². The molecule has 1 aliphatic rings. The first-order valence-corrected chi connectivity index (χ1v) is 7.53. The van der Waals surface area contributed by atoms with Gasteiger partial charge in [-0.25, -0.2) is 0 Å². The number of hydrogen-bond acceptors (Lipinski definition) is 5. The van der Waals surface area contributed by atoms with E-state index in [0.717, 1.165) is 25.2 Å². The van der Waals surface area contributed by atoms with Crippen LogP contribution in [0.15, 0.2) is 17.1 Å². The number of morpholine rings is 1. The lowest BCUT2D eigenvalue weighted by molar-refractivity contribution is -0.118. The van der Waals surface area contributed by atoms with E-state index in [1.807, 2.05) is 4.57 Å². The van der Waals surface area contributed by atoms with E-state index in [4.69, 9.17) is 4.74 Å². The van der Waals surface area contributed by atoms with E-state index in [0.29, 0.717) is 32.8 Å². The highest BCUT2D eigenvalue weighted by Crippen LogP contribution is 2.10. The highest BCUT2D eigenvalue weighted by atomic mass is 16.5. The number of carbonyl (C=O) groups excluding carboxylic acids is 1. The van der Waals surface area contributed by atoms with Gasteiger partial charge in [-0.05, 0) is 6.42 Å². The third-order valence-electron chi connectivity index (χ3n) is 3.64. The Morgan fingerprint density at radius 2 is 2.14 bits per heavy atom. The van der Waals surface area contributed by atoms with Crippen LogP contribution in [0.5, 0.6) is 5.75 Å². The summed E-state index contributed by atoms with van der Waals surface area (Å²) in [5, 5.41) is 12.4. The molecule has 122 valence electrons. The van der Waals surface area contributed by atoms with E-state index in [1.165, 1.54) is 19.2 Å². The van der Waals surface area contributed by atoms with Gasteiger partial charge in [-0.3, -0.25) is 14.5 Å². The third-order valence-corrected chi connectivity index (χ3v) is 3.64. The number of ether oxygens (including phenoxy) is 1. The molecule has 0 aromatic carbocycles. The Kier molecular flexibility index (Phi) is 5.97. The number of nitrogens with zero attached hydrogens (tertiary/aromatic N) is 2. The first-order valence-electron chi connectivity index (χ1n) is 7.53. The average molecular weight is 309 g/mol. The van der Waals surface area contributed by atoms with E-state index in [-0.39, 0.29) is 17.1 Å². The summed E-state index contributed by atoms with van der Waals surface area (Å²) in [7, 11) is 0. The SMILES string of the molecule is CC(=O)NCCCn1cc(O)c(=O)cc1CN1CCOCC1. The Balaban J connectivity index is 2.03. The maximum Gasteiger partial charge on any atom is 0.223 e. The Labute approximate surface area is 129 Å². The number of hydrogen-bond donors (Lipinski definition) is 2. The second-order valence-corrected chi connectivity index (χ2v) is 5.43. The Morgan fingerprint density at radius 1 is 1.41 bits per heavy atom. The van der Waals surface area contributed by atoms with Crippen LogP contribution in [0.25, 0.3) is 0 Å². The summed E-state index contributed by atoms with van der Waals surface area (Å²) in [5.41, 5.74) is 0.508. The minimum absolute atomic E-state index is 0.0590. The van der Waals surface area contributed by atoms with Crippen molar-refractivity contribution < 1.29 is 14.6 Å². The number of aromatic hydroxyl groups is 1. The van der Waals surface area contributed by atoms with E-state index in [1.54, 1.807) is 0 Å². The number of carbonyl (C=O) groups is 1. The molecule has 0 atom stereocenters. The number of nitrogens with one attached hydrogen (secondary N) is 1. The van der Waals surface area contributed by atoms with E-state index in [2.05, 4.69) is 10.2 Å². The Hall–Kier alpha value is -1.86. The van der Waals surface area contributed by atoms with Crippen LogP contribution >= 0.6 is 0 Å². The number of amides is 1. The smallest absolute Gasteiger partial charge is 0.223 e. The van der Waals surface area contributed by atoms with Crippen LogP contribution < -0.4 is 10.7 Å². The van der Waals surface area contributed by atoms with Crippen molar-refractivity contribution >= 4 is 5.91 Å². The van der Waals surface area contributed by atoms with Crippen molar-refractivity contribution in [1.82, 2.24) is 14.8 Å². The van der Waals surface area contributed by atoms with Gasteiger partial charge in [-0.2, -0.15) is 0 Å². The van der Waals surface area contributed by atoms with Crippen molar-refractivity contribution in [2.24, 2.45) is 0 Å². The van der Waals surface area contributed by atoms with Crippen LogP contribution in [-0.4, -0.2) is 53.3 Å². The van der Waals surface area contributed by atoms with E-state index < -0.39 is 0 Å². The third kappa shape index (κ3) is 4.85. The molecule has 2 N–H and O–H groups in total. The molecule has 22 heavy (non-hydrogen) atoms. The summed E-state index contributed by atoms with van der Waals surface area (Å²) in [5.74, 6) is -0.304. The molecular formula is C15H23N3O4. The van der Waals surface area contributed by atoms with Crippen molar-refractivity contribution in [2.45, 2.75) is 26.4 Å². The molecule has 2 rings (SSSR count). The fraction of sp³-hybridized carbons (Fsp3) is 0.600. The average Bonchev–Trinajstić information content (AvgIpc) is 2.49. The van der Waals surface area contributed by atoms with Crippen molar-refractivity contribution in [3.05, 3.63) is 28.2 Å². The van der Waals surface area contributed by atoms with Crippen LogP contribution in [0.2, 0.25) is 0 Å². The van der Waals surface area contributed by atoms with Gasteiger partial charge in [0, 0.05) is 51.4 Å². The van der Waals surface area contributed by atoms with Gasteiger partial charge in [-0.15, -0.1) is 0 Å². The molecule has 1 aromatic heterocycles. The minimum atomic E-state index is -0.360. The van der Waals surface area contributed by atoms with Crippen LogP contribution in [0.3, 0.4) is 0 Å². The summed E-state index contributed by atoms with van der Waals surface area (Å²) in [6.07, 6.45) is 2.21. The molecule has 0 bridgehead atoms. The Bertz CT molecular complexity index is 564. The quantitative estimate of drug-likeness (QED) is 0.718. The largest absolute Gasteiger partial charge is 0.503 e. The fourth-order valence-electron chi connectivity index (χ4n) is 2.45. The van der Waals surface area contributed by atoms with Gasteiger partial charge >= 0.3 is 0 Å². The lowest BCUT2D eigenvalue weighted by atomic mass is 10.2. The minimum Gasteiger partial charge on any atom is -0.503 e. The second kappa shape index (κ2) is 7.95. The van der Waals surface area contributed by atoms with Crippen molar-refractivity contribution in [2.75, 3.05) is 32.8 Å². The van der Waals surface area contributed by atoms with Gasteiger partial charge in [0.1, 0.15) is 0 Å². The molecule has 7 nitrogen and oxygen atoms in total. The molecule has 1 saturated heterocycles. The number of aromatic nitrogens is 1. The van der Waals surface area contributed by atoms with Crippen molar-refractivity contribution in [3.63, 3.8) is 0 Å². The molecule has 1 amide bonds. The summed E-state index contributed by atoms with van der Waals surface area (Å²) in [4.78, 5) is 24.8. The molecule has 7 heteroatoms. The van der Waals surface area contributed by atoms with Crippen LogP contribution in [0.1, 0.15) is 19.0 Å². The standard InChI is InChI=1S/C15H23N3O4/c1-12(19)16-3-2-4-18-11-15(21)14(20)9-13(18)10-17-5-7-22-8-6-17/h9,11,21H,2-8,10H2,1H3,(H,16,19). The maximum atomic E-state index is 11.7. The molecule has 1 aromatic rings. The molecule has 0 radical (unpaired) electrons. The van der Waals surface area contributed by atoms with Crippen LogP contribution in [-0.2, 0) is 22.6 Å². The zero-order valence-corrected chi connectivity index (χ0v) is 12.9. The normalized spacial score (nSPS) is 15.7. The number of aryl methyl sites for hydroxylation is 1. The first-order chi connectivity index (χ1) is 10.6. The predicted molar refractivity (Wildman–Crippen MR) is 81.8 cm³/mol. The molecule has 1 fully saturated rings. The molecule has 0 aliphatic carbocycles. The van der Waals surface area contributed by atoms with Gasteiger partial charge in [0.15, 0.2) is 5.75 Å². The van der Waals surface area contributed by atoms with Gasteiger partial charge in [0.25, 0.3) is 0 Å². The van der Waals surface area contributed by atoms with E-state index in [9.17, 15) is 14.7 Å². The lowest BCUT2D eigenvalue weighted by Crippen LogP contribution is -2.36. The monoisotopic (exact) mass is 309 g/mol. The zero-order valence-electron chi connectivity index (χ0n) is 12.9. The van der Waals surface area contributed by atoms with Crippen LogP contribution in [0.4, 0.5) is 0 Å². The van der Waals surface area contributed by atoms with Crippen LogP contribution in [0, 0.1) is 0 Å². The highest BCUT2D eigenvalue weighted by Gasteiger charge is 2.14. The Morgan fingerprint density at radius 3 is 2.82 bits per heavy atom. The van der Waals surface area contributed by atoms with Crippen molar-refractivity contribution in [3.8, 4) is 5.75 Å². The molecular weight excluding hydrogens is 286 g/mol. The van der Waals surface area contributed by atoms with Crippen molar-refractivity contribution in [1.29, 1.82) is 0 Å². The molecule has 1 aliphatic heterocycles. The maximum absolute atomic E-state index is 11.7. The fourth-order valence-corrected chi connectivity index (χ4v) is 2.45. The lowest BCUT2D eigenvalue weighted by Gasteiger charge is -2.27. The van der Waals surface area contributed by atoms with Gasteiger partial charge in [-0.1, -0.05) is 0 Å². The van der Waals surface area contributed by atoms with Gasteiger partial charge < -0.3 is 19.7 Å². The second-order valence-electron chi connectivity index (χ2n) is 5.43. The molecule has 2 heterocycles. The summed E-state index contributed by atoms with van der Waals surface area (Å²) in [6, 6.07) is 1.49.